The van der Waals surface area contributed by atoms with Gasteiger partial charge in [-0.2, -0.15) is 0 Å². The van der Waals surface area contributed by atoms with E-state index in [1.165, 1.54) is 4.68 Å². The van der Waals surface area contributed by atoms with Crippen LogP contribution in [0.4, 0.5) is 5.69 Å². The Balaban J connectivity index is 1.52. The zero-order valence-corrected chi connectivity index (χ0v) is 17.2. The van der Waals surface area contributed by atoms with E-state index in [0.29, 0.717) is 35.0 Å². The molecule has 0 radical (unpaired) electrons. The lowest BCUT2D eigenvalue weighted by atomic mass is 10.2. The van der Waals surface area contributed by atoms with Crippen LogP contribution in [0.2, 0.25) is 0 Å². The van der Waals surface area contributed by atoms with Crippen molar-refractivity contribution in [2.75, 3.05) is 19.2 Å². The number of anilines is 1. The number of methoxy groups -OCH3 is 1. The van der Waals surface area contributed by atoms with Crippen LogP contribution in [0.25, 0.3) is 5.69 Å². The molecule has 9 nitrogen and oxygen atoms in total. The number of fused-ring (bicyclic) bond motifs is 1. The Labute approximate surface area is 175 Å². The number of rotatable bonds is 7. The lowest BCUT2D eigenvalue weighted by Crippen LogP contribution is -2.37. The molecule has 10 heteroatoms. The standard InChI is InChI=1S/C20H19N3O6S/c1-3-17(18(24)21-12-4-9-15-16(10-12)28-11-27-15)30-19-20(25)29-22-23(19)13-5-7-14(26-2)8-6-13/h4-10,17H,3,11H2,1-2H3,(H-,21,22,24,25)/p+1. The number of nitrogens with zero attached hydrogens (tertiary/aromatic N) is 1. The van der Waals surface area contributed by atoms with Crippen molar-refractivity contribution < 1.29 is 28.2 Å². The largest absolute Gasteiger partial charge is 0.497 e. The van der Waals surface area contributed by atoms with E-state index in [1.54, 1.807) is 49.6 Å². The molecule has 0 aliphatic carbocycles. The van der Waals surface area contributed by atoms with Gasteiger partial charge in [-0.25, -0.2) is 4.79 Å². The van der Waals surface area contributed by atoms with Crippen molar-refractivity contribution in [1.29, 1.82) is 0 Å². The van der Waals surface area contributed by atoms with E-state index < -0.39 is 10.9 Å². The summed E-state index contributed by atoms with van der Waals surface area (Å²) in [6, 6.07) is 12.3. The molecule has 0 saturated carbocycles. The lowest BCUT2D eigenvalue weighted by Gasteiger charge is -2.12. The third-order valence-corrected chi connectivity index (χ3v) is 5.90. The fourth-order valence-electron chi connectivity index (χ4n) is 2.92. The molecule has 1 aromatic heterocycles. The lowest BCUT2D eigenvalue weighted by molar-refractivity contribution is -0.704. The number of hydrogen-bond acceptors (Lipinski definition) is 7. The number of carbonyl (C=O) groups is 1. The van der Waals surface area contributed by atoms with Crippen molar-refractivity contribution >= 4 is 23.4 Å². The summed E-state index contributed by atoms with van der Waals surface area (Å²) in [6.45, 7) is 2.04. The van der Waals surface area contributed by atoms with Crippen LogP contribution in [0.3, 0.4) is 0 Å². The number of aromatic nitrogens is 2. The highest BCUT2D eigenvalue weighted by molar-refractivity contribution is 8.00. The molecule has 2 heterocycles. The van der Waals surface area contributed by atoms with Crippen molar-refractivity contribution in [3.8, 4) is 22.9 Å². The van der Waals surface area contributed by atoms with Crippen molar-refractivity contribution in [2.45, 2.75) is 23.6 Å². The van der Waals surface area contributed by atoms with Gasteiger partial charge in [-0.05, 0) is 52.4 Å². The second-order valence-corrected chi connectivity index (χ2v) is 7.58. The molecule has 2 aromatic carbocycles. The van der Waals surface area contributed by atoms with E-state index in [4.69, 9.17) is 18.7 Å². The van der Waals surface area contributed by atoms with Gasteiger partial charge in [0.1, 0.15) is 5.75 Å². The molecule has 0 fully saturated rings. The zero-order valence-electron chi connectivity index (χ0n) is 16.3. The number of hydrogen-bond donors (Lipinski definition) is 2. The summed E-state index contributed by atoms with van der Waals surface area (Å²) in [5, 5.41) is 5.20. The summed E-state index contributed by atoms with van der Waals surface area (Å²) >= 11 is 1.13. The summed E-state index contributed by atoms with van der Waals surface area (Å²) < 4.78 is 22.3. The number of carbonyl (C=O) groups excluding carboxylic acids is 1. The van der Waals surface area contributed by atoms with Crippen molar-refractivity contribution in [1.82, 2.24) is 5.27 Å². The summed E-state index contributed by atoms with van der Waals surface area (Å²) in [5.41, 5.74) is 0.716. The molecule has 0 saturated heterocycles. The topological polar surface area (TPSA) is 107 Å². The number of H-pyrrole nitrogens is 1. The molecule has 1 unspecified atom stereocenters. The minimum absolute atomic E-state index is 0.162. The van der Waals surface area contributed by atoms with E-state index in [1.807, 2.05) is 6.92 Å². The van der Waals surface area contributed by atoms with Crippen molar-refractivity contribution in [3.63, 3.8) is 0 Å². The van der Waals surface area contributed by atoms with Gasteiger partial charge in [0.15, 0.2) is 11.5 Å². The van der Waals surface area contributed by atoms with Gasteiger partial charge in [-0.3, -0.25) is 9.32 Å². The molecule has 1 aliphatic rings. The monoisotopic (exact) mass is 430 g/mol. The SMILES string of the molecule is CCC(Sc1c(=O)o[nH][n+]1-c1ccc(OC)cc1)C(=O)Nc1ccc2c(c1)OCO2. The molecule has 0 bridgehead atoms. The maximum Gasteiger partial charge on any atom is 0.442 e. The molecular formula is C20H20N3O6S+. The molecule has 1 atom stereocenters. The van der Waals surface area contributed by atoms with Crippen LogP contribution in [0.15, 0.2) is 56.8 Å². The quantitative estimate of drug-likeness (QED) is 0.438. The highest BCUT2D eigenvalue weighted by Crippen LogP contribution is 2.34. The Morgan fingerprint density at radius 1 is 1.23 bits per heavy atom. The number of ether oxygens (including phenoxy) is 3. The summed E-state index contributed by atoms with van der Waals surface area (Å²) in [4.78, 5) is 25.1. The maximum atomic E-state index is 12.8. The van der Waals surface area contributed by atoms with Crippen LogP contribution in [-0.2, 0) is 4.79 Å². The summed E-state index contributed by atoms with van der Waals surface area (Å²) in [7, 11) is 1.58. The Morgan fingerprint density at radius 3 is 2.73 bits per heavy atom. The molecule has 1 amide bonds. The van der Waals surface area contributed by atoms with Crippen molar-refractivity contribution in [3.05, 3.63) is 52.9 Å². The zero-order chi connectivity index (χ0) is 21.1. The average Bonchev–Trinajstić information content (AvgIpc) is 3.38. The van der Waals surface area contributed by atoms with E-state index in [2.05, 4.69) is 10.6 Å². The van der Waals surface area contributed by atoms with Crippen LogP contribution in [0.1, 0.15) is 13.3 Å². The first-order chi connectivity index (χ1) is 14.6. The maximum absolute atomic E-state index is 12.8. The molecule has 156 valence electrons. The van der Waals surface area contributed by atoms with Gasteiger partial charge >= 0.3 is 10.7 Å². The fraction of sp³-hybridized carbons (Fsp3) is 0.250. The minimum atomic E-state index is -0.551. The van der Waals surface area contributed by atoms with Gasteiger partial charge in [0.05, 0.1) is 12.4 Å². The van der Waals surface area contributed by atoms with Crippen LogP contribution in [0, 0.1) is 0 Å². The third-order valence-electron chi connectivity index (χ3n) is 4.50. The highest BCUT2D eigenvalue weighted by atomic mass is 32.2. The van der Waals surface area contributed by atoms with Crippen LogP contribution in [0.5, 0.6) is 17.2 Å². The summed E-state index contributed by atoms with van der Waals surface area (Å²) in [6.07, 6.45) is 0.508. The van der Waals surface area contributed by atoms with Gasteiger partial charge < -0.3 is 19.5 Å². The molecule has 30 heavy (non-hydrogen) atoms. The van der Waals surface area contributed by atoms with Crippen molar-refractivity contribution in [2.24, 2.45) is 0 Å². The predicted molar refractivity (Wildman–Crippen MR) is 109 cm³/mol. The number of aromatic amines is 1. The Hall–Kier alpha value is -3.40. The van der Waals surface area contributed by atoms with E-state index in [-0.39, 0.29) is 17.7 Å². The Bertz CT molecular complexity index is 1110. The van der Waals surface area contributed by atoms with Crippen LogP contribution in [-0.4, -0.2) is 30.3 Å². The Morgan fingerprint density at radius 2 is 2.00 bits per heavy atom. The first-order valence-corrected chi connectivity index (χ1v) is 10.1. The molecule has 1 aliphatic heterocycles. The van der Waals surface area contributed by atoms with Gasteiger partial charge in [-0.1, -0.05) is 6.92 Å². The third kappa shape index (κ3) is 3.99. The van der Waals surface area contributed by atoms with Gasteiger partial charge in [0.25, 0.3) is 0 Å². The normalized spacial score (nSPS) is 13.1. The van der Waals surface area contributed by atoms with E-state index in [9.17, 15) is 9.59 Å². The van der Waals surface area contributed by atoms with Gasteiger partial charge in [0, 0.05) is 23.9 Å². The smallest absolute Gasteiger partial charge is 0.442 e. The minimum Gasteiger partial charge on any atom is -0.497 e. The number of nitrogens with one attached hydrogen (secondary N) is 2. The molecular weight excluding hydrogens is 410 g/mol. The highest BCUT2D eigenvalue weighted by Gasteiger charge is 2.30. The van der Waals surface area contributed by atoms with E-state index >= 15 is 0 Å². The molecule has 4 rings (SSSR count). The number of thioether (sulfide) groups is 1. The molecule has 3 aromatic rings. The van der Waals surface area contributed by atoms with E-state index in [0.717, 1.165) is 11.8 Å². The fourth-order valence-corrected chi connectivity index (χ4v) is 3.91. The molecule has 0 spiro atoms. The predicted octanol–water partition coefficient (Wildman–Crippen LogP) is 2.49. The number of benzene rings is 2. The van der Waals surface area contributed by atoms with Gasteiger partial charge in [-0.15, -0.1) is 0 Å². The first kappa shape index (κ1) is 19.9. The number of amides is 1. The van der Waals surface area contributed by atoms with Crippen LogP contribution < -0.4 is 29.8 Å². The second kappa shape index (κ2) is 8.54. The second-order valence-electron chi connectivity index (χ2n) is 6.39. The van der Waals surface area contributed by atoms with Crippen LogP contribution >= 0.6 is 11.8 Å². The first-order valence-electron chi connectivity index (χ1n) is 9.24. The average molecular weight is 430 g/mol. The summed E-state index contributed by atoms with van der Waals surface area (Å²) in [5.74, 6) is 1.68. The Kier molecular flexibility index (Phi) is 5.66. The molecule has 2 N–H and O–H groups in total. The van der Waals surface area contributed by atoms with Gasteiger partial charge in [0.2, 0.25) is 18.4 Å².